The molecule has 0 amide bonds. The van der Waals surface area contributed by atoms with Gasteiger partial charge in [0.15, 0.2) is 0 Å². The van der Waals surface area contributed by atoms with E-state index in [1.807, 2.05) is 13.0 Å². The van der Waals surface area contributed by atoms with Crippen molar-refractivity contribution in [3.8, 4) is 5.88 Å². The molecular formula is C12H20ClN3O2. The van der Waals surface area contributed by atoms with E-state index in [1.54, 1.807) is 0 Å². The first-order valence-corrected chi connectivity index (χ1v) is 6.65. The minimum Gasteiger partial charge on any atom is -0.478 e. The van der Waals surface area contributed by atoms with E-state index in [1.165, 1.54) is 0 Å². The van der Waals surface area contributed by atoms with Gasteiger partial charge in [0.1, 0.15) is 0 Å². The van der Waals surface area contributed by atoms with E-state index < -0.39 is 0 Å². The van der Waals surface area contributed by atoms with E-state index in [0.717, 1.165) is 12.1 Å². The lowest BCUT2D eigenvalue weighted by atomic mass is 10.4. The number of rotatable bonds is 9. The van der Waals surface area contributed by atoms with Crippen molar-refractivity contribution in [2.45, 2.75) is 20.3 Å². The first-order chi connectivity index (χ1) is 8.76. The maximum absolute atomic E-state index is 5.50. The normalized spacial score (nSPS) is 10.4. The van der Waals surface area contributed by atoms with Crippen LogP contribution < -0.4 is 10.1 Å². The van der Waals surface area contributed by atoms with Gasteiger partial charge in [-0.3, -0.25) is 0 Å². The lowest BCUT2D eigenvalue weighted by Crippen LogP contribution is -2.13. The number of aromatic nitrogens is 2. The second kappa shape index (κ2) is 8.94. The monoisotopic (exact) mass is 273 g/mol. The summed E-state index contributed by atoms with van der Waals surface area (Å²) in [5.41, 5.74) is 0.875. The Morgan fingerprint density at radius 1 is 1.28 bits per heavy atom. The van der Waals surface area contributed by atoms with Crippen molar-refractivity contribution in [3.05, 3.63) is 11.8 Å². The van der Waals surface area contributed by atoms with Crippen LogP contribution in [0.15, 0.2) is 6.07 Å². The Hall–Kier alpha value is -1.07. The van der Waals surface area contributed by atoms with Crippen LogP contribution in [-0.4, -0.2) is 42.2 Å². The summed E-state index contributed by atoms with van der Waals surface area (Å²) in [6.07, 6.45) is 0.956. The minimum atomic E-state index is 0.510. The summed E-state index contributed by atoms with van der Waals surface area (Å²) in [5, 5.41) is 3.09. The third kappa shape index (κ3) is 6.02. The molecule has 6 heteroatoms. The molecule has 5 nitrogen and oxygen atoms in total. The molecule has 1 N–H and O–H groups in total. The number of hydrogen-bond acceptors (Lipinski definition) is 5. The molecule has 1 aromatic rings. The molecule has 0 saturated carbocycles. The second-order valence-corrected chi connectivity index (χ2v) is 4.13. The van der Waals surface area contributed by atoms with Crippen LogP contribution in [0.2, 0.25) is 0 Å². The Labute approximate surface area is 113 Å². The SMILES string of the molecule is CCCOc1cc(C)nc(NCCOCCCl)n1. The zero-order chi connectivity index (χ0) is 13.2. The van der Waals surface area contributed by atoms with Crippen LogP contribution in [0.5, 0.6) is 5.88 Å². The fourth-order valence-corrected chi connectivity index (χ4v) is 1.40. The quantitative estimate of drug-likeness (QED) is 0.552. The van der Waals surface area contributed by atoms with Gasteiger partial charge in [0.25, 0.3) is 0 Å². The molecule has 0 aromatic carbocycles. The number of alkyl halides is 1. The highest BCUT2D eigenvalue weighted by molar-refractivity contribution is 6.17. The molecule has 0 aliphatic carbocycles. The van der Waals surface area contributed by atoms with Crippen LogP contribution in [-0.2, 0) is 4.74 Å². The molecule has 0 saturated heterocycles. The largest absolute Gasteiger partial charge is 0.478 e. The van der Waals surface area contributed by atoms with Crippen LogP contribution in [0, 0.1) is 6.92 Å². The van der Waals surface area contributed by atoms with Gasteiger partial charge in [-0.15, -0.1) is 11.6 Å². The van der Waals surface area contributed by atoms with Crippen molar-refractivity contribution in [3.63, 3.8) is 0 Å². The topological polar surface area (TPSA) is 56.3 Å². The molecule has 0 bridgehead atoms. The molecule has 102 valence electrons. The van der Waals surface area contributed by atoms with E-state index in [0.29, 0.717) is 44.1 Å². The minimum absolute atomic E-state index is 0.510. The number of aryl methyl sites for hydroxylation is 1. The number of anilines is 1. The van der Waals surface area contributed by atoms with Gasteiger partial charge in [0.05, 0.1) is 19.8 Å². The molecule has 0 unspecified atom stereocenters. The summed E-state index contributed by atoms with van der Waals surface area (Å²) in [7, 11) is 0. The van der Waals surface area contributed by atoms with Crippen molar-refractivity contribution in [1.29, 1.82) is 0 Å². The Bertz CT molecular complexity index is 350. The summed E-state index contributed by atoms with van der Waals surface area (Å²) in [6, 6.07) is 1.82. The lowest BCUT2D eigenvalue weighted by molar-refractivity contribution is 0.159. The first kappa shape index (κ1) is 15.0. The van der Waals surface area contributed by atoms with Crippen LogP contribution in [0.4, 0.5) is 5.95 Å². The molecule has 0 aliphatic heterocycles. The van der Waals surface area contributed by atoms with E-state index >= 15 is 0 Å². The number of nitrogens with one attached hydrogen (secondary N) is 1. The molecule has 0 radical (unpaired) electrons. The van der Waals surface area contributed by atoms with Gasteiger partial charge >= 0.3 is 0 Å². The van der Waals surface area contributed by atoms with Crippen molar-refractivity contribution in [2.75, 3.05) is 37.6 Å². The Balaban J connectivity index is 2.41. The second-order valence-electron chi connectivity index (χ2n) is 3.75. The van der Waals surface area contributed by atoms with Crippen LogP contribution >= 0.6 is 11.6 Å². The van der Waals surface area contributed by atoms with Gasteiger partial charge in [0.2, 0.25) is 11.8 Å². The number of ether oxygens (including phenoxy) is 2. The number of nitrogens with zero attached hydrogens (tertiary/aromatic N) is 2. The van der Waals surface area contributed by atoms with E-state index in [4.69, 9.17) is 21.1 Å². The maximum Gasteiger partial charge on any atom is 0.226 e. The standard InChI is InChI=1S/C12H20ClN3O2/c1-3-6-18-11-9-10(2)15-12(16-11)14-5-8-17-7-4-13/h9H,3-8H2,1-2H3,(H,14,15,16). The van der Waals surface area contributed by atoms with Gasteiger partial charge in [-0.1, -0.05) is 6.92 Å². The highest BCUT2D eigenvalue weighted by Crippen LogP contribution is 2.11. The average molecular weight is 274 g/mol. The smallest absolute Gasteiger partial charge is 0.226 e. The Kier molecular flexibility index (Phi) is 7.44. The Morgan fingerprint density at radius 3 is 2.83 bits per heavy atom. The summed E-state index contributed by atoms with van der Waals surface area (Å²) < 4.78 is 10.7. The first-order valence-electron chi connectivity index (χ1n) is 6.12. The van der Waals surface area contributed by atoms with Gasteiger partial charge < -0.3 is 14.8 Å². The van der Waals surface area contributed by atoms with Crippen LogP contribution in [0.25, 0.3) is 0 Å². The molecule has 0 spiro atoms. The molecule has 18 heavy (non-hydrogen) atoms. The molecule has 1 rings (SSSR count). The van der Waals surface area contributed by atoms with E-state index in [-0.39, 0.29) is 0 Å². The zero-order valence-electron chi connectivity index (χ0n) is 10.9. The van der Waals surface area contributed by atoms with E-state index in [9.17, 15) is 0 Å². The molecule has 1 heterocycles. The molecule has 0 atom stereocenters. The summed E-state index contributed by atoms with van der Waals surface area (Å²) in [6.45, 7) is 6.41. The highest BCUT2D eigenvalue weighted by Gasteiger charge is 2.02. The number of halogens is 1. The maximum atomic E-state index is 5.50. The summed E-state index contributed by atoms with van der Waals surface area (Å²) >= 11 is 5.50. The van der Waals surface area contributed by atoms with Gasteiger partial charge in [0, 0.05) is 24.2 Å². The van der Waals surface area contributed by atoms with Gasteiger partial charge in [-0.05, 0) is 13.3 Å². The molecule has 0 fully saturated rings. The van der Waals surface area contributed by atoms with Crippen molar-refractivity contribution in [2.24, 2.45) is 0 Å². The third-order valence-corrected chi connectivity index (χ3v) is 2.19. The van der Waals surface area contributed by atoms with Crippen molar-refractivity contribution in [1.82, 2.24) is 9.97 Å². The van der Waals surface area contributed by atoms with Crippen LogP contribution in [0.1, 0.15) is 19.0 Å². The van der Waals surface area contributed by atoms with E-state index in [2.05, 4.69) is 22.2 Å². The fraction of sp³-hybridized carbons (Fsp3) is 0.667. The average Bonchev–Trinajstić information content (AvgIpc) is 2.35. The predicted octanol–water partition coefficient (Wildman–Crippen LogP) is 2.24. The van der Waals surface area contributed by atoms with Crippen molar-refractivity contribution < 1.29 is 9.47 Å². The summed E-state index contributed by atoms with van der Waals surface area (Å²) in [4.78, 5) is 8.54. The zero-order valence-corrected chi connectivity index (χ0v) is 11.7. The highest BCUT2D eigenvalue weighted by atomic mass is 35.5. The van der Waals surface area contributed by atoms with Gasteiger partial charge in [-0.2, -0.15) is 4.98 Å². The molecular weight excluding hydrogens is 254 g/mol. The van der Waals surface area contributed by atoms with Crippen molar-refractivity contribution >= 4 is 17.5 Å². The molecule has 0 aliphatic rings. The Morgan fingerprint density at radius 2 is 2.11 bits per heavy atom. The predicted molar refractivity (Wildman–Crippen MR) is 72.6 cm³/mol. The molecule has 1 aromatic heterocycles. The lowest BCUT2D eigenvalue weighted by Gasteiger charge is -2.09. The third-order valence-electron chi connectivity index (χ3n) is 2.04. The van der Waals surface area contributed by atoms with Crippen LogP contribution in [0.3, 0.4) is 0 Å². The number of hydrogen-bond donors (Lipinski definition) is 1. The fourth-order valence-electron chi connectivity index (χ4n) is 1.29. The van der Waals surface area contributed by atoms with Gasteiger partial charge in [-0.25, -0.2) is 4.98 Å². The summed E-state index contributed by atoms with van der Waals surface area (Å²) in [5.74, 6) is 1.68.